The van der Waals surface area contributed by atoms with Gasteiger partial charge < -0.3 is 10.4 Å². The van der Waals surface area contributed by atoms with E-state index in [4.69, 9.17) is 5.11 Å². The van der Waals surface area contributed by atoms with Gasteiger partial charge in [0.1, 0.15) is 0 Å². The van der Waals surface area contributed by atoms with E-state index in [2.05, 4.69) is 21.2 Å². The molecule has 2 N–H and O–H groups in total. The van der Waals surface area contributed by atoms with Crippen molar-refractivity contribution in [2.75, 3.05) is 5.32 Å². The molecule has 0 aromatic heterocycles. The molecule has 1 rings (SSSR count). The van der Waals surface area contributed by atoms with Gasteiger partial charge in [0.2, 0.25) is 5.91 Å². The Hall–Kier alpha value is -1.36. The summed E-state index contributed by atoms with van der Waals surface area (Å²) in [6.45, 7) is 3.53. The SMILES string of the molecule is CC(C)(CC(=O)O)CC(=O)Nc1cccc(Br)c1. The molecule has 0 aliphatic rings. The Bertz CT molecular complexity index is 457. The van der Waals surface area contributed by atoms with Crippen LogP contribution in [0.4, 0.5) is 5.69 Å². The van der Waals surface area contributed by atoms with Gasteiger partial charge in [-0.2, -0.15) is 0 Å². The lowest BCUT2D eigenvalue weighted by atomic mass is 9.85. The molecule has 0 unspecified atom stereocenters. The zero-order valence-corrected chi connectivity index (χ0v) is 12.0. The van der Waals surface area contributed by atoms with Crippen LogP contribution in [0.3, 0.4) is 0 Å². The van der Waals surface area contributed by atoms with Crippen LogP contribution in [0.25, 0.3) is 0 Å². The molecule has 0 aliphatic heterocycles. The van der Waals surface area contributed by atoms with Crippen molar-refractivity contribution in [2.24, 2.45) is 5.41 Å². The number of anilines is 1. The Kier molecular flexibility index (Phi) is 4.90. The van der Waals surface area contributed by atoms with Crippen molar-refractivity contribution >= 4 is 33.5 Å². The fraction of sp³-hybridized carbons (Fsp3) is 0.385. The predicted octanol–water partition coefficient (Wildman–Crippen LogP) is 3.28. The van der Waals surface area contributed by atoms with Gasteiger partial charge in [0.05, 0.1) is 6.42 Å². The molecule has 18 heavy (non-hydrogen) atoms. The molecule has 5 heteroatoms. The van der Waals surface area contributed by atoms with E-state index in [0.717, 1.165) is 4.47 Å². The molecule has 0 spiro atoms. The summed E-state index contributed by atoms with van der Waals surface area (Å²) in [5.74, 6) is -1.07. The Morgan fingerprint density at radius 2 is 2.00 bits per heavy atom. The van der Waals surface area contributed by atoms with Crippen molar-refractivity contribution in [1.82, 2.24) is 0 Å². The normalized spacial score (nSPS) is 11.1. The number of carboxylic acids is 1. The third-order valence-electron chi connectivity index (χ3n) is 2.38. The van der Waals surface area contributed by atoms with E-state index in [1.807, 2.05) is 12.1 Å². The van der Waals surface area contributed by atoms with E-state index in [1.54, 1.807) is 26.0 Å². The van der Waals surface area contributed by atoms with Crippen LogP contribution >= 0.6 is 15.9 Å². The second kappa shape index (κ2) is 6.00. The number of aliphatic carboxylic acids is 1. The number of amides is 1. The smallest absolute Gasteiger partial charge is 0.303 e. The average Bonchev–Trinajstić information content (AvgIpc) is 2.13. The Morgan fingerprint density at radius 3 is 2.56 bits per heavy atom. The first kappa shape index (κ1) is 14.7. The van der Waals surface area contributed by atoms with Gasteiger partial charge in [-0.15, -0.1) is 0 Å². The summed E-state index contributed by atoms with van der Waals surface area (Å²) in [7, 11) is 0. The molecule has 0 aliphatic carbocycles. The van der Waals surface area contributed by atoms with Crippen molar-refractivity contribution in [3.63, 3.8) is 0 Å². The maximum absolute atomic E-state index is 11.8. The minimum absolute atomic E-state index is 0.0289. The van der Waals surface area contributed by atoms with Gasteiger partial charge in [-0.25, -0.2) is 0 Å². The highest BCUT2D eigenvalue weighted by molar-refractivity contribution is 9.10. The third kappa shape index (κ3) is 5.31. The number of benzene rings is 1. The van der Waals surface area contributed by atoms with E-state index in [0.29, 0.717) is 5.69 Å². The first-order valence-corrected chi connectivity index (χ1v) is 6.35. The van der Waals surface area contributed by atoms with E-state index >= 15 is 0 Å². The fourth-order valence-electron chi connectivity index (χ4n) is 1.68. The van der Waals surface area contributed by atoms with Crippen molar-refractivity contribution in [3.8, 4) is 0 Å². The largest absolute Gasteiger partial charge is 0.481 e. The molecule has 0 bridgehead atoms. The van der Waals surface area contributed by atoms with Crippen LogP contribution in [0.1, 0.15) is 26.7 Å². The molecule has 0 fully saturated rings. The van der Waals surface area contributed by atoms with Crippen LogP contribution in [-0.4, -0.2) is 17.0 Å². The van der Waals surface area contributed by atoms with Crippen LogP contribution < -0.4 is 5.32 Å². The third-order valence-corrected chi connectivity index (χ3v) is 2.87. The predicted molar refractivity (Wildman–Crippen MR) is 73.4 cm³/mol. The maximum atomic E-state index is 11.8. The molecule has 4 nitrogen and oxygen atoms in total. The number of halogens is 1. The number of hydrogen-bond donors (Lipinski definition) is 2. The Morgan fingerprint density at radius 1 is 1.33 bits per heavy atom. The van der Waals surface area contributed by atoms with Gasteiger partial charge in [-0.05, 0) is 23.6 Å². The van der Waals surface area contributed by atoms with Crippen molar-refractivity contribution in [3.05, 3.63) is 28.7 Å². The van der Waals surface area contributed by atoms with Crippen LogP contribution in [0, 0.1) is 5.41 Å². The second-order valence-electron chi connectivity index (χ2n) is 4.97. The monoisotopic (exact) mass is 313 g/mol. The number of nitrogens with one attached hydrogen (secondary N) is 1. The van der Waals surface area contributed by atoms with Gasteiger partial charge in [0.15, 0.2) is 0 Å². The fourth-order valence-corrected chi connectivity index (χ4v) is 2.08. The lowest BCUT2D eigenvalue weighted by Crippen LogP contribution is -2.24. The highest BCUT2D eigenvalue weighted by Gasteiger charge is 2.25. The summed E-state index contributed by atoms with van der Waals surface area (Å²) >= 11 is 3.32. The lowest BCUT2D eigenvalue weighted by molar-refractivity contribution is -0.139. The molecule has 0 radical (unpaired) electrons. The summed E-state index contributed by atoms with van der Waals surface area (Å²) in [6.07, 6.45) is 0.144. The maximum Gasteiger partial charge on any atom is 0.303 e. The Labute approximate surface area is 115 Å². The molecule has 98 valence electrons. The minimum atomic E-state index is -0.893. The highest BCUT2D eigenvalue weighted by atomic mass is 79.9. The van der Waals surface area contributed by atoms with Crippen LogP contribution in [-0.2, 0) is 9.59 Å². The number of carbonyl (C=O) groups excluding carboxylic acids is 1. The van der Waals surface area contributed by atoms with Gasteiger partial charge in [0, 0.05) is 16.6 Å². The van der Waals surface area contributed by atoms with Crippen molar-refractivity contribution < 1.29 is 14.7 Å². The van der Waals surface area contributed by atoms with E-state index in [1.165, 1.54) is 0 Å². The topological polar surface area (TPSA) is 66.4 Å². The van der Waals surface area contributed by atoms with Gasteiger partial charge in [0.25, 0.3) is 0 Å². The number of carboxylic acid groups (broad SMARTS) is 1. The van der Waals surface area contributed by atoms with Crippen molar-refractivity contribution in [1.29, 1.82) is 0 Å². The summed E-state index contributed by atoms with van der Waals surface area (Å²) in [5.41, 5.74) is 0.141. The second-order valence-corrected chi connectivity index (χ2v) is 5.89. The lowest BCUT2D eigenvalue weighted by Gasteiger charge is -2.21. The number of rotatable bonds is 5. The van der Waals surface area contributed by atoms with E-state index in [9.17, 15) is 9.59 Å². The summed E-state index contributed by atoms with van der Waals surface area (Å²) < 4.78 is 0.880. The van der Waals surface area contributed by atoms with Gasteiger partial charge in [-0.3, -0.25) is 9.59 Å². The molecule has 1 aromatic rings. The number of carbonyl (C=O) groups is 2. The summed E-state index contributed by atoms with van der Waals surface area (Å²) in [5, 5.41) is 11.5. The minimum Gasteiger partial charge on any atom is -0.481 e. The molecule has 0 saturated heterocycles. The molecular formula is C13H16BrNO3. The van der Waals surface area contributed by atoms with Crippen LogP contribution in [0.5, 0.6) is 0 Å². The first-order valence-electron chi connectivity index (χ1n) is 5.56. The van der Waals surface area contributed by atoms with Gasteiger partial charge >= 0.3 is 5.97 Å². The molecule has 1 aromatic carbocycles. The summed E-state index contributed by atoms with van der Waals surface area (Å²) in [6, 6.07) is 7.26. The average molecular weight is 314 g/mol. The van der Waals surface area contributed by atoms with E-state index in [-0.39, 0.29) is 18.7 Å². The van der Waals surface area contributed by atoms with E-state index < -0.39 is 11.4 Å². The molecule has 0 saturated carbocycles. The quantitative estimate of drug-likeness (QED) is 0.876. The first-order chi connectivity index (χ1) is 8.28. The standard InChI is InChI=1S/C13H16BrNO3/c1-13(2,8-12(17)18)7-11(16)15-10-5-3-4-9(14)6-10/h3-6H,7-8H2,1-2H3,(H,15,16)(H,17,18). The zero-order valence-electron chi connectivity index (χ0n) is 10.4. The molecule has 0 heterocycles. The molecule has 1 amide bonds. The summed E-state index contributed by atoms with van der Waals surface area (Å²) in [4.78, 5) is 22.5. The van der Waals surface area contributed by atoms with Crippen LogP contribution in [0.15, 0.2) is 28.7 Å². The van der Waals surface area contributed by atoms with Crippen LogP contribution in [0.2, 0.25) is 0 Å². The zero-order chi connectivity index (χ0) is 13.8. The number of hydrogen-bond acceptors (Lipinski definition) is 2. The van der Waals surface area contributed by atoms with Gasteiger partial charge in [-0.1, -0.05) is 35.8 Å². The Balaban J connectivity index is 2.59. The molecular weight excluding hydrogens is 298 g/mol. The highest BCUT2D eigenvalue weighted by Crippen LogP contribution is 2.26. The van der Waals surface area contributed by atoms with Crippen molar-refractivity contribution in [2.45, 2.75) is 26.7 Å². The molecule has 0 atom stereocenters.